The average molecular weight is 462 g/mol. The number of thiophene rings is 1. The van der Waals surface area contributed by atoms with Crippen molar-refractivity contribution >= 4 is 40.2 Å². The van der Waals surface area contributed by atoms with E-state index in [-0.39, 0.29) is 18.7 Å². The van der Waals surface area contributed by atoms with Gasteiger partial charge in [0.2, 0.25) is 0 Å². The van der Waals surface area contributed by atoms with Gasteiger partial charge in [-0.1, -0.05) is 26.0 Å². The fourth-order valence-electron chi connectivity index (χ4n) is 2.83. The number of benzene rings is 1. The Morgan fingerprint density at radius 3 is 2.34 bits per heavy atom. The fourth-order valence-corrected chi connectivity index (χ4v) is 3.81. The highest BCUT2D eigenvalue weighted by atomic mass is 32.1. The second kappa shape index (κ2) is 11.8. The van der Waals surface area contributed by atoms with Gasteiger partial charge in [0, 0.05) is 6.54 Å². The zero-order chi connectivity index (χ0) is 23.7. The number of carbonyl (C=O) groups is 4. The molecule has 1 heterocycles. The normalized spacial score (nSPS) is 10.5. The van der Waals surface area contributed by atoms with E-state index in [2.05, 4.69) is 10.6 Å². The standard InChI is InChI=1S/C22H27N3O6S/c1-4-30-21(28)18-16(9-13(2)3)12-32-19(18)25-17(26)11-31-20(27)15-7-5-14(6-8-15)10-24-22(23)29/h5-8,12-13H,4,9-11H2,1-3H3,(H,25,26)(H3,23,24,29). The first-order valence-electron chi connectivity index (χ1n) is 10.1. The van der Waals surface area contributed by atoms with E-state index in [9.17, 15) is 19.2 Å². The number of nitrogens with two attached hydrogens (primary N) is 1. The van der Waals surface area contributed by atoms with Crippen molar-refractivity contribution in [2.75, 3.05) is 18.5 Å². The van der Waals surface area contributed by atoms with Crippen molar-refractivity contribution in [2.45, 2.75) is 33.7 Å². The highest BCUT2D eigenvalue weighted by molar-refractivity contribution is 7.15. The predicted octanol–water partition coefficient (Wildman–Crippen LogP) is 3.09. The van der Waals surface area contributed by atoms with Gasteiger partial charge in [0.05, 0.1) is 17.7 Å². The van der Waals surface area contributed by atoms with Crippen molar-refractivity contribution in [2.24, 2.45) is 11.7 Å². The lowest BCUT2D eigenvalue weighted by atomic mass is 10.0. The Labute approximate surface area is 190 Å². The Hall–Kier alpha value is -3.40. The van der Waals surface area contributed by atoms with E-state index in [4.69, 9.17) is 15.2 Å². The maximum absolute atomic E-state index is 12.4. The maximum Gasteiger partial charge on any atom is 0.341 e. The largest absolute Gasteiger partial charge is 0.462 e. The molecule has 0 unspecified atom stereocenters. The molecule has 10 heteroatoms. The third kappa shape index (κ3) is 7.38. The van der Waals surface area contributed by atoms with Gasteiger partial charge in [-0.15, -0.1) is 11.3 Å². The van der Waals surface area contributed by atoms with E-state index in [1.807, 2.05) is 19.2 Å². The molecule has 9 nitrogen and oxygen atoms in total. The smallest absolute Gasteiger partial charge is 0.341 e. The number of nitrogens with one attached hydrogen (secondary N) is 2. The summed E-state index contributed by atoms with van der Waals surface area (Å²) in [4.78, 5) is 47.7. The number of anilines is 1. The number of ether oxygens (including phenoxy) is 2. The minimum Gasteiger partial charge on any atom is -0.462 e. The van der Waals surface area contributed by atoms with Gasteiger partial charge in [-0.3, -0.25) is 4.79 Å². The minimum atomic E-state index is -0.674. The topological polar surface area (TPSA) is 137 Å². The summed E-state index contributed by atoms with van der Waals surface area (Å²) in [6, 6.07) is 5.68. The van der Waals surface area contributed by atoms with Crippen LogP contribution in [0.4, 0.5) is 9.80 Å². The van der Waals surface area contributed by atoms with Crippen molar-refractivity contribution in [1.29, 1.82) is 0 Å². The lowest BCUT2D eigenvalue weighted by Crippen LogP contribution is -2.28. The van der Waals surface area contributed by atoms with Crippen LogP contribution in [0.2, 0.25) is 0 Å². The van der Waals surface area contributed by atoms with Crippen LogP contribution in [0.1, 0.15) is 52.6 Å². The zero-order valence-corrected chi connectivity index (χ0v) is 19.0. The molecular weight excluding hydrogens is 434 g/mol. The number of esters is 2. The molecule has 0 atom stereocenters. The number of rotatable bonds is 10. The predicted molar refractivity (Wildman–Crippen MR) is 121 cm³/mol. The number of carbonyl (C=O) groups excluding carboxylic acids is 4. The SMILES string of the molecule is CCOC(=O)c1c(CC(C)C)csc1NC(=O)COC(=O)c1ccc(CNC(N)=O)cc1. The molecule has 1 aromatic heterocycles. The molecule has 0 aliphatic carbocycles. The molecule has 0 bridgehead atoms. The van der Waals surface area contributed by atoms with Gasteiger partial charge in [0.15, 0.2) is 6.61 Å². The molecular formula is C22H27N3O6S. The fraction of sp³-hybridized carbons (Fsp3) is 0.364. The molecule has 32 heavy (non-hydrogen) atoms. The number of amides is 3. The van der Waals surface area contributed by atoms with Gasteiger partial charge in [-0.25, -0.2) is 14.4 Å². The van der Waals surface area contributed by atoms with Crippen molar-refractivity contribution in [3.05, 3.63) is 51.9 Å². The molecule has 2 rings (SSSR count). The second-order valence-corrected chi connectivity index (χ2v) is 8.20. The van der Waals surface area contributed by atoms with Gasteiger partial charge < -0.3 is 25.8 Å². The number of primary amides is 1. The molecule has 0 spiro atoms. The Morgan fingerprint density at radius 1 is 1.06 bits per heavy atom. The maximum atomic E-state index is 12.4. The summed E-state index contributed by atoms with van der Waals surface area (Å²) in [6.45, 7) is 5.72. The van der Waals surface area contributed by atoms with Crippen molar-refractivity contribution < 1.29 is 28.7 Å². The van der Waals surface area contributed by atoms with Gasteiger partial charge in [0.25, 0.3) is 5.91 Å². The summed E-state index contributed by atoms with van der Waals surface area (Å²) < 4.78 is 10.2. The highest BCUT2D eigenvalue weighted by Gasteiger charge is 2.22. The molecule has 0 fully saturated rings. The number of hydrogen-bond donors (Lipinski definition) is 3. The molecule has 172 valence electrons. The second-order valence-electron chi connectivity index (χ2n) is 7.32. The molecule has 0 saturated carbocycles. The van der Waals surface area contributed by atoms with Gasteiger partial charge in [0.1, 0.15) is 5.00 Å². The summed E-state index contributed by atoms with van der Waals surface area (Å²) >= 11 is 1.23. The molecule has 0 radical (unpaired) electrons. The van der Waals surface area contributed by atoms with Crippen molar-refractivity contribution in [3.63, 3.8) is 0 Å². The van der Waals surface area contributed by atoms with Crippen LogP contribution in [0.5, 0.6) is 0 Å². The quantitative estimate of drug-likeness (QED) is 0.465. The first kappa shape index (κ1) is 24.9. The lowest BCUT2D eigenvalue weighted by molar-refractivity contribution is -0.119. The Morgan fingerprint density at radius 2 is 1.75 bits per heavy atom. The van der Waals surface area contributed by atoms with E-state index in [0.29, 0.717) is 22.9 Å². The number of urea groups is 1. The summed E-state index contributed by atoms with van der Waals surface area (Å²) in [6.07, 6.45) is 0.667. The Bertz CT molecular complexity index is 969. The molecule has 0 aliphatic rings. The van der Waals surface area contributed by atoms with E-state index < -0.39 is 30.5 Å². The van der Waals surface area contributed by atoms with E-state index in [1.165, 1.54) is 23.5 Å². The molecule has 3 amide bonds. The van der Waals surface area contributed by atoms with Crippen LogP contribution in [0, 0.1) is 5.92 Å². The number of hydrogen-bond acceptors (Lipinski definition) is 7. The van der Waals surface area contributed by atoms with E-state index >= 15 is 0 Å². The van der Waals surface area contributed by atoms with Crippen LogP contribution in [-0.2, 0) is 27.2 Å². The molecule has 1 aromatic carbocycles. The Kier molecular flexibility index (Phi) is 9.21. The summed E-state index contributed by atoms with van der Waals surface area (Å²) in [5.41, 5.74) is 7.17. The van der Waals surface area contributed by atoms with E-state index in [0.717, 1.165) is 11.1 Å². The van der Waals surface area contributed by atoms with Crippen LogP contribution >= 0.6 is 11.3 Å². The summed E-state index contributed by atoms with van der Waals surface area (Å²) in [5.74, 6) is -1.42. The highest BCUT2D eigenvalue weighted by Crippen LogP contribution is 2.31. The van der Waals surface area contributed by atoms with Crippen LogP contribution in [0.25, 0.3) is 0 Å². The van der Waals surface area contributed by atoms with Crippen LogP contribution in [0.3, 0.4) is 0 Å². The first-order chi connectivity index (χ1) is 15.2. The van der Waals surface area contributed by atoms with Crippen LogP contribution < -0.4 is 16.4 Å². The van der Waals surface area contributed by atoms with Crippen molar-refractivity contribution in [3.8, 4) is 0 Å². The molecule has 2 aromatic rings. The monoisotopic (exact) mass is 461 g/mol. The zero-order valence-electron chi connectivity index (χ0n) is 18.2. The average Bonchev–Trinajstić information content (AvgIpc) is 3.12. The summed E-state index contributed by atoms with van der Waals surface area (Å²) in [7, 11) is 0. The van der Waals surface area contributed by atoms with Gasteiger partial charge >= 0.3 is 18.0 Å². The summed E-state index contributed by atoms with van der Waals surface area (Å²) in [5, 5.41) is 7.27. The van der Waals surface area contributed by atoms with Gasteiger partial charge in [-0.2, -0.15) is 0 Å². The molecule has 0 aliphatic heterocycles. The van der Waals surface area contributed by atoms with Crippen molar-refractivity contribution in [1.82, 2.24) is 5.32 Å². The first-order valence-corrected chi connectivity index (χ1v) is 11.0. The van der Waals surface area contributed by atoms with Crippen LogP contribution in [-0.4, -0.2) is 37.1 Å². The van der Waals surface area contributed by atoms with Gasteiger partial charge in [-0.05, 0) is 47.9 Å². The van der Waals surface area contributed by atoms with E-state index in [1.54, 1.807) is 19.1 Å². The third-order valence-corrected chi connectivity index (χ3v) is 5.16. The molecule has 4 N–H and O–H groups in total. The Balaban J connectivity index is 1.97. The lowest BCUT2D eigenvalue weighted by Gasteiger charge is -2.10. The molecule has 0 saturated heterocycles. The minimum absolute atomic E-state index is 0.220. The van der Waals surface area contributed by atoms with Crippen LogP contribution in [0.15, 0.2) is 29.6 Å². The third-order valence-electron chi connectivity index (χ3n) is 4.22.